The Morgan fingerprint density at radius 2 is 1.59 bits per heavy atom. The van der Waals surface area contributed by atoms with Crippen LogP contribution in [0.5, 0.6) is 0 Å². The van der Waals surface area contributed by atoms with Crippen LogP contribution in [0.15, 0.2) is 9.98 Å². The zero-order valence-corrected chi connectivity index (χ0v) is 21.4. The maximum Gasteiger partial charge on any atom is 0.188 e. The van der Waals surface area contributed by atoms with Crippen LogP contribution >= 0.6 is 0 Å². The van der Waals surface area contributed by atoms with Gasteiger partial charge in [0.2, 0.25) is 0 Å². The zero-order chi connectivity index (χ0) is 29.2. The number of hydrogen-bond acceptors (Lipinski definition) is 14. The van der Waals surface area contributed by atoms with E-state index in [9.17, 15) is 35.4 Å². The van der Waals surface area contributed by atoms with Crippen LogP contribution < -0.4 is 28.3 Å². The third kappa shape index (κ3) is 6.25. The van der Waals surface area contributed by atoms with Gasteiger partial charge >= 0.3 is 0 Å². The first-order valence-corrected chi connectivity index (χ1v) is 12.3. The second kappa shape index (κ2) is 12.5. The molecule has 3 fully saturated rings. The lowest BCUT2D eigenvalue weighted by atomic mass is 9.84. The Labute approximate surface area is 223 Å². The molecule has 0 aromatic heterocycles. The molecule has 0 bridgehead atoms. The summed E-state index contributed by atoms with van der Waals surface area (Å²) in [5.74, 6) is -0.708. The molecule has 0 aromatic rings. The number of aliphatic hydroxyl groups excluding tert-OH is 5. The molecule has 15 N–H and O–H groups in total. The lowest BCUT2D eigenvalue weighted by Gasteiger charge is -2.44. The average Bonchev–Trinajstić information content (AvgIpc) is 3.10. The van der Waals surface area contributed by atoms with E-state index >= 15 is 0 Å². The van der Waals surface area contributed by atoms with Crippen LogP contribution in [0.1, 0.15) is 13.3 Å². The number of aldehydes is 1. The Morgan fingerprint density at radius 1 is 0.974 bits per heavy atom. The van der Waals surface area contributed by atoms with Gasteiger partial charge in [0.15, 0.2) is 36.4 Å². The first kappa shape index (κ1) is 31.3. The van der Waals surface area contributed by atoms with E-state index in [4.69, 9.17) is 41.9 Å². The van der Waals surface area contributed by atoms with Crippen molar-refractivity contribution in [2.24, 2.45) is 32.9 Å². The molecule has 1 saturated carbocycles. The van der Waals surface area contributed by atoms with Crippen LogP contribution in [-0.4, -0.2) is 148 Å². The van der Waals surface area contributed by atoms with Gasteiger partial charge < -0.3 is 77.8 Å². The highest BCUT2D eigenvalue weighted by Gasteiger charge is 2.60. The summed E-state index contributed by atoms with van der Waals surface area (Å²) >= 11 is 0. The Kier molecular flexibility index (Phi) is 10.0. The van der Waals surface area contributed by atoms with Gasteiger partial charge in [-0.05, 0) is 20.4 Å². The summed E-state index contributed by atoms with van der Waals surface area (Å²) in [4.78, 5) is 20.0. The van der Waals surface area contributed by atoms with Gasteiger partial charge in [-0.3, -0.25) is 4.79 Å². The molecule has 18 nitrogen and oxygen atoms in total. The second-order valence-electron chi connectivity index (χ2n) is 9.79. The van der Waals surface area contributed by atoms with Gasteiger partial charge in [-0.1, -0.05) is 0 Å². The van der Waals surface area contributed by atoms with Crippen LogP contribution in [-0.2, 0) is 23.7 Å². The molecule has 18 heteroatoms. The molecule has 2 aliphatic heterocycles. The van der Waals surface area contributed by atoms with Crippen LogP contribution in [0.3, 0.4) is 0 Å². The minimum Gasteiger partial charge on any atom is -0.394 e. The summed E-state index contributed by atoms with van der Waals surface area (Å²) in [7, 11) is 1.44. The number of carbonyl (C=O) groups is 1. The molecule has 2 heterocycles. The Bertz CT molecular complexity index is 907. The smallest absolute Gasteiger partial charge is 0.188 e. The van der Waals surface area contributed by atoms with E-state index in [1.54, 1.807) is 0 Å². The normalized spacial score (nSPS) is 46.4. The van der Waals surface area contributed by atoms with E-state index in [1.807, 2.05) is 0 Å². The molecule has 1 aliphatic carbocycles. The summed E-state index contributed by atoms with van der Waals surface area (Å²) in [5.41, 5.74) is 19.6. The molecule has 3 aliphatic rings. The lowest BCUT2D eigenvalue weighted by molar-refractivity contribution is -0.313. The predicted molar refractivity (Wildman–Crippen MR) is 132 cm³/mol. The summed E-state index contributed by atoms with van der Waals surface area (Å²) in [6.45, 7) is 0.697. The van der Waals surface area contributed by atoms with E-state index < -0.39 is 91.7 Å². The number of nitrogens with two attached hydrogens (primary N) is 4. The van der Waals surface area contributed by atoms with Crippen molar-refractivity contribution in [2.45, 2.75) is 98.5 Å². The van der Waals surface area contributed by atoms with Crippen LogP contribution in [0, 0.1) is 0 Å². The van der Waals surface area contributed by atoms with Gasteiger partial charge in [0.1, 0.15) is 42.7 Å². The number of hydrogen-bond donors (Lipinski definition) is 11. The third-order valence-electron chi connectivity index (χ3n) is 7.24. The fourth-order valence-electron chi connectivity index (χ4n) is 5.05. The van der Waals surface area contributed by atoms with Gasteiger partial charge in [-0.25, -0.2) is 9.98 Å². The standard InChI is InChI=1S/C21H39N7O11/c1-6-21(35,5-30)16(39-17-10(26-2)13(33)12(32)9(4-29)37-17)18(36-6)38-15-8(28-20(24)25)3-7(27-19(22)23)11(31)14(15)34/h5-18,26,29,31-35H,3-4H2,1-2H3,(H4,22,23,27)(H4,24,25,28)/t6-,7+,8+,9-,10+,11-,12-,13+,14-,15+,16+,17-,18+,21+/m0/s1. The molecule has 14 atom stereocenters. The van der Waals surface area contributed by atoms with Crippen molar-refractivity contribution < 1.29 is 54.4 Å². The molecular weight excluding hydrogens is 526 g/mol. The van der Waals surface area contributed by atoms with Crippen molar-refractivity contribution in [3.05, 3.63) is 0 Å². The molecule has 0 unspecified atom stereocenters. The predicted octanol–water partition coefficient (Wildman–Crippen LogP) is -7.13. The molecule has 0 radical (unpaired) electrons. The average molecular weight is 566 g/mol. The molecule has 0 spiro atoms. The van der Waals surface area contributed by atoms with E-state index in [-0.39, 0.29) is 24.6 Å². The number of ether oxygens (including phenoxy) is 4. The number of nitrogens with zero attached hydrogens (tertiary/aromatic N) is 2. The number of rotatable bonds is 9. The summed E-state index contributed by atoms with van der Waals surface area (Å²) < 4.78 is 23.1. The maximum atomic E-state index is 12.1. The molecule has 39 heavy (non-hydrogen) atoms. The van der Waals surface area contributed by atoms with Crippen molar-refractivity contribution in [1.82, 2.24) is 5.32 Å². The number of likely N-dealkylation sites (N-methyl/N-ethyl adjacent to an activating group) is 1. The highest BCUT2D eigenvalue weighted by atomic mass is 16.8. The Morgan fingerprint density at radius 3 is 2.13 bits per heavy atom. The Hall–Kier alpha value is -2.23. The SMILES string of the molecule is CN[C@H]1[C@H](O[C@@H]2[C@@H](O[C@H]3[C@@H](O)[C@@H](O)[C@H](N=C(N)N)C[C@H]3N=C(N)N)O[C@@H](C)[C@]2(O)C=O)O[C@@H](CO)[C@H](O)[C@@H]1O. The van der Waals surface area contributed by atoms with Gasteiger partial charge in [-0.2, -0.15) is 0 Å². The fraction of sp³-hybridized carbons (Fsp3) is 0.857. The molecule has 0 amide bonds. The number of aliphatic imine (C=N–C) groups is 2. The quantitative estimate of drug-likeness (QED) is 0.0702. The zero-order valence-electron chi connectivity index (χ0n) is 21.4. The number of carbonyl (C=O) groups excluding carboxylic acids is 1. The topological polar surface area (TPSA) is 316 Å². The van der Waals surface area contributed by atoms with Crippen molar-refractivity contribution in [3.8, 4) is 0 Å². The molecule has 224 valence electrons. The van der Waals surface area contributed by atoms with Crippen molar-refractivity contribution in [3.63, 3.8) is 0 Å². The maximum absolute atomic E-state index is 12.1. The summed E-state index contributed by atoms with van der Waals surface area (Å²) in [6, 6.07) is -3.08. The van der Waals surface area contributed by atoms with E-state index in [0.717, 1.165) is 0 Å². The van der Waals surface area contributed by atoms with Gasteiger partial charge in [0, 0.05) is 0 Å². The van der Waals surface area contributed by atoms with Crippen molar-refractivity contribution >= 4 is 18.2 Å². The largest absolute Gasteiger partial charge is 0.394 e. The second-order valence-corrected chi connectivity index (χ2v) is 9.79. The Balaban J connectivity index is 1.93. The van der Waals surface area contributed by atoms with E-state index in [1.165, 1.54) is 14.0 Å². The first-order chi connectivity index (χ1) is 18.3. The fourth-order valence-corrected chi connectivity index (χ4v) is 5.05. The van der Waals surface area contributed by atoms with Crippen molar-refractivity contribution in [2.75, 3.05) is 13.7 Å². The van der Waals surface area contributed by atoms with Crippen molar-refractivity contribution in [1.29, 1.82) is 0 Å². The first-order valence-electron chi connectivity index (χ1n) is 12.3. The minimum absolute atomic E-state index is 0.0692. The van der Waals surface area contributed by atoms with Crippen LogP contribution in [0.4, 0.5) is 0 Å². The third-order valence-corrected chi connectivity index (χ3v) is 7.24. The number of nitrogens with one attached hydrogen (secondary N) is 1. The highest BCUT2D eigenvalue weighted by molar-refractivity contribution is 5.76. The molecular formula is C21H39N7O11. The van der Waals surface area contributed by atoms with Gasteiger partial charge in [-0.15, -0.1) is 0 Å². The molecule has 2 saturated heterocycles. The van der Waals surface area contributed by atoms with Gasteiger partial charge in [0.25, 0.3) is 0 Å². The number of guanidine groups is 2. The lowest BCUT2D eigenvalue weighted by Crippen LogP contribution is -2.65. The van der Waals surface area contributed by atoms with Gasteiger partial charge in [0.05, 0.1) is 30.8 Å². The summed E-state index contributed by atoms with van der Waals surface area (Å²) in [5, 5.41) is 65.7. The minimum atomic E-state index is -2.31. The van der Waals surface area contributed by atoms with E-state index in [2.05, 4.69) is 15.3 Å². The number of aliphatic hydroxyl groups is 6. The monoisotopic (exact) mass is 565 g/mol. The van der Waals surface area contributed by atoms with E-state index in [0.29, 0.717) is 0 Å². The molecule has 0 aromatic carbocycles. The highest BCUT2D eigenvalue weighted by Crippen LogP contribution is 2.38. The molecule has 3 rings (SSSR count). The van der Waals surface area contributed by atoms with Crippen LogP contribution in [0.2, 0.25) is 0 Å². The van der Waals surface area contributed by atoms with Crippen LogP contribution in [0.25, 0.3) is 0 Å². The summed E-state index contributed by atoms with van der Waals surface area (Å²) in [6.07, 6.45) is -14.5.